The van der Waals surface area contributed by atoms with Crippen LogP contribution in [0.15, 0.2) is 36.7 Å². The molecular formula is C20H26N4O2. The van der Waals surface area contributed by atoms with Gasteiger partial charge in [0.05, 0.1) is 31.2 Å². The molecule has 1 aromatic carbocycles. The van der Waals surface area contributed by atoms with Crippen LogP contribution in [0.1, 0.15) is 24.5 Å². The van der Waals surface area contributed by atoms with Crippen molar-refractivity contribution >= 4 is 5.91 Å². The third-order valence-electron chi connectivity index (χ3n) is 4.80. The number of amides is 1. The number of nitrogens with zero attached hydrogens (tertiary/aromatic N) is 4. The maximum absolute atomic E-state index is 12.0. The van der Waals surface area contributed by atoms with E-state index in [1.54, 1.807) is 32.3 Å². The Kier molecular flexibility index (Phi) is 5.83. The molecule has 1 aliphatic heterocycles. The first-order valence-corrected chi connectivity index (χ1v) is 8.95. The number of rotatable bonds is 5. The first-order valence-electron chi connectivity index (χ1n) is 8.95. The summed E-state index contributed by atoms with van der Waals surface area (Å²) in [5.74, 6) is 1.25. The molecule has 0 unspecified atom stereocenters. The lowest BCUT2D eigenvalue weighted by Gasteiger charge is -2.32. The summed E-state index contributed by atoms with van der Waals surface area (Å²) >= 11 is 0. The summed E-state index contributed by atoms with van der Waals surface area (Å²) in [4.78, 5) is 25.1. The van der Waals surface area contributed by atoms with E-state index in [9.17, 15) is 4.79 Å². The molecule has 1 aromatic heterocycles. The number of methoxy groups -OCH3 is 1. The number of carbonyl (C=O) groups excluding carboxylic acids is 1. The summed E-state index contributed by atoms with van der Waals surface area (Å²) in [6, 6.07) is 7.86. The Morgan fingerprint density at radius 3 is 2.96 bits per heavy atom. The lowest BCUT2D eigenvalue weighted by atomic mass is 9.94. The van der Waals surface area contributed by atoms with Crippen LogP contribution >= 0.6 is 0 Å². The Labute approximate surface area is 154 Å². The molecule has 0 aliphatic carbocycles. The normalized spacial score (nSPS) is 17.7. The minimum absolute atomic E-state index is 0.141. The quantitative estimate of drug-likeness (QED) is 0.825. The molecule has 2 heterocycles. The maximum Gasteiger partial charge on any atom is 0.236 e. The van der Waals surface area contributed by atoms with E-state index in [2.05, 4.69) is 9.88 Å². The van der Waals surface area contributed by atoms with Gasteiger partial charge in [-0.05, 0) is 31.5 Å². The predicted octanol–water partition coefficient (Wildman–Crippen LogP) is 2.42. The molecule has 0 bridgehead atoms. The molecule has 1 aliphatic rings. The van der Waals surface area contributed by atoms with Gasteiger partial charge in [0, 0.05) is 38.3 Å². The molecule has 1 atom stereocenters. The van der Waals surface area contributed by atoms with Crippen molar-refractivity contribution in [3.63, 3.8) is 0 Å². The molecule has 1 saturated heterocycles. The Morgan fingerprint density at radius 1 is 1.35 bits per heavy atom. The van der Waals surface area contributed by atoms with Crippen LogP contribution in [0, 0.1) is 0 Å². The van der Waals surface area contributed by atoms with Crippen LogP contribution in [0.2, 0.25) is 0 Å². The fraction of sp³-hybridized carbons (Fsp3) is 0.450. The van der Waals surface area contributed by atoms with Crippen molar-refractivity contribution in [3.8, 4) is 17.0 Å². The smallest absolute Gasteiger partial charge is 0.236 e. The highest BCUT2D eigenvalue weighted by Crippen LogP contribution is 2.28. The number of benzene rings is 1. The largest absolute Gasteiger partial charge is 0.497 e. The van der Waals surface area contributed by atoms with Crippen molar-refractivity contribution in [3.05, 3.63) is 42.4 Å². The van der Waals surface area contributed by atoms with Gasteiger partial charge in [0.25, 0.3) is 0 Å². The highest BCUT2D eigenvalue weighted by molar-refractivity contribution is 5.77. The summed E-state index contributed by atoms with van der Waals surface area (Å²) in [5, 5.41) is 0. The van der Waals surface area contributed by atoms with E-state index in [0.29, 0.717) is 12.5 Å². The van der Waals surface area contributed by atoms with E-state index in [-0.39, 0.29) is 5.91 Å². The summed E-state index contributed by atoms with van der Waals surface area (Å²) in [6.45, 7) is 2.27. The van der Waals surface area contributed by atoms with Crippen molar-refractivity contribution in [2.45, 2.75) is 18.8 Å². The number of aromatic nitrogens is 2. The van der Waals surface area contributed by atoms with Crippen LogP contribution < -0.4 is 4.74 Å². The number of piperidine rings is 1. The van der Waals surface area contributed by atoms with Crippen LogP contribution in [0.25, 0.3) is 11.3 Å². The number of hydrogen-bond donors (Lipinski definition) is 0. The van der Waals surface area contributed by atoms with E-state index >= 15 is 0 Å². The molecule has 0 radical (unpaired) electrons. The van der Waals surface area contributed by atoms with Crippen molar-refractivity contribution in [2.24, 2.45) is 0 Å². The number of hydrogen-bond acceptors (Lipinski definition) is 5. The maximum atomic E-state index is 12.0. The third kappa shape index (κ3) is 4.38. The SMILES string of the molecule is COc1cccc(-c2cncc([C@H]3CCCN(CC(=O)N(C)C)C3)n2)c1. The van der Waals surface area contributed by atoms with Gasteiger partial charge >= 0.3 is 0 Å². The average molecular weight is 354 g/mol. The summed E-state index contributed by atoms with van der Waals surface area (Å²) < 4.78 is 5.30. The van der Waals surface area contributed by atoms with Crippen LogP contribution in [0.4, 0.5) is 0 Å². The molecule has 138 valence electrons. The fourth-order valence-corrected chi connectivity index (χ4v) is 3.27. The molecule has 3 rings (SSSR count). The molecule has 6 heteroatoms. The topological polar surface area (TPSA) is 58.6 Å². The molecule has 0 N–H and O–H groups in total. The van der Waals surface area contributed by atoms with Gasteiger partial charge in [0.2, 0.25) is 5.91 Å². The van der Waals surface area contributed by atoms with Gasteiger partial charge in [-0.15, -0.1) is 0 Å². The van der Waals surface area contributed by atoms with E-state index in [1.165, 1.54) is 0 Å². The van der Waals surface area contributed by atoms with Crippen LogP contribution in [0.3, 0.4) is 0 Å². The van der Waals surface area contributed by atoms with Crippen molar-refractivity contribution in [2.75, 3.05) is 40.8 Å². The zero-order valence-electron chi connectivity index (χ0n) is 15.7. The molecule has 2 aromatic rings. The van der Waals surface area contributed by atoms with Crippen LogP contribution in [-0.4, -0.2) is 66.5 Å². The predicted molar refractivity (Wildman–Crippen MR) is 101 cm³/mol. The Balaban J connectivity index is 1.76. The monoisotopic (exact) mass is 354 g/mol. The second kappa shape index (κ2) is 8.27. The average Bonchev–Trinajstić information content (AvgIpc) is 2.68. The summed E-state index contributed by atoms with van der Waals surface area (Å²) in [7, 11) is 5.26. The second-order valence-electron chi connectivity index (χ2n) is 6.92. The fourth-order valence-electron chi connectivity index (χ4n) is 3.27. The molecule has 0 spiro atoms. The van der Waals surface area contributed by atoms with Crippen LogP contribution in [-0.2, 0) is 4.79 Å². The minimum atomic E-state index is 0.141. The Bertz CT molecular complexity index is 763. The van der Waals surface area contributed by atoms with E-state index in [1.807, 2.05) is 30.5 Å². The van der Waals surface area contributed by atoms with E-state index < -0.39 is 0 Å². The molecule has 1 amide bonds. The summed E-state index contributed by atoms with van der Waals surface area (Å²) in [5.41, 5.74) is 2.84. The lowest BCUT2D eigenvalue weighted by molar-refractivity contribution is -0.130. The van der Waals surface area contributed by atoms with Gasteiger partial charge in [-0.3, -0.25) is 14.7 Å². The minimum Gasteiger partial charge on any atom is -0.497 e. The first-order chi connectivity index (χ1) is 12.6. The number of ether oxygens (including phenoxy) is 1. The van der Waals surface area contributed by atoms with Gasteiger partial charge in [0.1, 0.15) is 5.75 Å². The van der Waals surface area contributed by atoms with Gasteiger partial charge in [-0.2, -0.15) is 0 Å². The molecular weight excluding hydrogens is 328 g/mol. The van der Waals surface area contributed by atoms with Gasteiger partial charge < -0.3 is 9.64 Å². The molecule has 1 fully saturated rings. The van der Waals surface area contributed by atoms with Gasteiger partial charge in [-0.25, -0.2) is 4.98 Å². The number of likely N-dealkylation sites (N-methyl/N-ethyl adjacent to an activating group) is 1. The molecule has 26 heavy (non-hydrogen) atoms. The van der Waals surface area contributed by atoms with E-state index in [4.69, 9.17) is 9.72 Å². The van der Waals surface area contributed by atoms with E-state index in [0.717, 1.165) is 48.6 Å². The zero-order valence-corrected chi connectivity index (χ0v) is 15.7. The highest BCUT2D eigenvalue weighted by atomic mass is 16.5. The number of carbonyl (C=O) groups is 1. The second-order valence-corrected chi connectivity index (χ2v) is 6.92. The Morgan fingerprint density at radius 2 is 2.19 bits per heavy atom. The van der Waals surface area contributed by atoms with Gasteiger partial charge in [-0.1, -0.05) is 12.1 Å². The first kappa shape index (κ1) is 18.3. The van der Waals surface area contributed by atoms with Crippen molar-refractivity contribution in [1.82, 2.24) is 19.8 Å². The van der Waals surface area contributed by atoms with Crippen molar-refractivity contribution < 1.29 is 9.53 Å². The highest BCUT2D eigenvalue weighted by Gasteiger charge is 2.24. The lowest BCUT2D eigenvalue weighted by Crippen LogP contribution is -2.41. The van der Waals surface area contributed by atoms with Gasteiger partial charge in [0.15, 0.2) is 0 Å². The standard InChI is InChI=1S/C20H26N4O2/c1-23(2)20(25)14-24-9-5-7-16(13-24)19-12-21-11-18(22-19)15-6-4-8-17(10-15)26-3/h4,6,8,10-12,16H,5,7,9,13-14H2,1-3H3/t16-/m0/s1. The summed E-state index contributed by atoms with van der Waals surface area (Å²) in [6.07, 6.45) is 5.78. The number of likely N-dealkylation sites (tertiary alicyclic amines) is 1. The van der Waals surface area contributed by atoms with Crippen LogP contribution in [0.5, 0.6) is 5.75 Å². The van der Waals surface area contributed by atoms with Crippen molar-refractivity contribution in [1.29, 1.82) is 0 Å². The molecule has 0 saturated carbocycles. The third-order valence-corrected chi connectivity index (χ3v) is 4.80. The Hall–Kier alpha value is -2.47. The zero-order chi connectivity index (χ0) is 18.5. The molecule has 6 nitrogen and oxygen atoms in total.